The number of likely N-dealkylation sites (tertiary alicyclic amines) is 1. The molecule has 0 spiro atoms. The summed E-state index contributed by atoms with van der Waals surface area (Å²) in [7, 11) is 0. The van der Waals surface area contributed by atoms with Crippen LogP contribution in [0.1, 0.15) is 26.7 Å². The van der Waals surface area contributed by atoms with Gasteiger partial charge in [-0.3, -0.25) is 9.69 Å². The van der Waals surface area contributed by atoms with Crippen LogP contribution in [0.2, 0.25) is 0 Å². The smallest absolute Gasteiger partial charge is 0.260 e. The molecular formula is C20H29BrN2O3. The Morgan fingerprint density at radius 2 is 1.77 bits per heavy atom. The molecule has 0 bridgehead atoms. The third-order valence-electron chi connectivity index (χ3n) is 5.15. The van der Waals surface area contributed by atoms with Gasteiger partial charge in [0.25, 0.3) is 5.91 Å². The first kappa shape index (κ1) is 19.6. The first-order valence-corrected chi connectivity index (χ1v) is 10.3. The van der Waals surface area contributed by atoms with Gasteiger partial charge in [-0.2, -0.15) is 0 Å². The fourth-order valence-corrected chi connectivity index (χ4v) is 4.20. The van der Waals surface area contributed by atoms with Crippen molar-refractivity contribution in [2.45, 2.75) is 38.9 Å². The molecule has 2 heterocycles. The quantitative estimate of drug-likeness (QED) is 0.727. The fourth-order valence-electron chi connectivity index (χ4n) is 3.93. The second-order valence-electron chi connectivity index (χ2n) is 7.54. The van der Waals surface area contributed by atoms with Crippen molar-refractivity contribution in [3.8, 4) is 5.75 Å². The van der Waals surface area contributed by atoms with E-state index in [1.54, 1.807) is 0 Å². The fraction of sp³-hybridized carbons (Fsp3) is 0.650. The normalized spacial score (nSPS) is 25.3. The maximum atomic E-state index is 12.4. The van der Waals surface area contributed by atoms with E-state index in [-0.39, 0.29) is 12.5 Å². The van der Waals surface area contributed by atoms with E-state index in [0.717, 1.165) is 55.8 Å². The number of carbonyl (C=O) groups excluding carboxylic acids is 1. The number of benzene rings is 1. The first-order valence-electron chi connectivity index (χ1n) is 9.53. The number of morpholine rings is 1. The molecule has 2 fully saturated rings. The molecule has 2 aliphatic heterocycles. The topological polar surface area (TPSA) is 42.0 Å². The standard InChI is InChI=1S/C20H29BrN2O3/c1-15-11-22(12-16(2)26-15)13-17-7-9-23(10-8-17)20(24)14-25-19-5-3-18(21)4-6-19/h3-6,15-17H,7-14H2,1-2H3. The van der Waals surface area contributed by atoms with Crippen LogP contribution in [0.3, 0.4) is 0 Å². The minimum atomic E-state index is 0.0833. The maximum Gasteiger partial charge on any atom is 0.260 e. The molecule has 0 aliphatic carbocycles. The molecule has 2 aliphatic rings. The van der Waals surface area contributed by atoms with Gasteiger partial charge in [-0.25, -0.2) is 0 Å². The molecule has 0 N–H and O–H groups in total. The lowest BCUT2D eigenvalue weighted by molar-refractivity contribution is -0.135. The minimum absolute atomic E-state index is 0.0833. The summed E-state index contributed by atoms with van der Waals surface area (Å²) in [6.45, 7) is 9.24. The summed E-state index contributed by atoms with van der Waals surface area (Å²) in [4.78, 5) is 16.9. The molecule has 3 rings (SSSR count). The van der Waals surface area contributed by atoms with Crippen LogP contribution >= 0.6 is 15.9 Å². The number of amides is 1. The lowest BCUT2D eigenvalue weighted by Gasteiger charge is -2.39. The highest BCUT2D eigenvalue weighted by Gasteiger charge is 2.28. The highest BCUT2D eigenvalue weighted by Crippen LogP contribution is 2.21. The van der Waals surface area contributed by atoms with Gasteiger partial charge < -0.3 is 14.4 Å². The van der Waals surface area contributed by atoms with Gasteiger partial charge in [0.05, 0.1) is 12.2 Å². The lowest BCUT2D eigenvalue weighted by Crippen LogP contribution is -2.49. The van der Waals surface area contributed by atoms with Crippen LogP contribution in [0.15, 0.2) is 28.7 Å². The van der Waals surface area contributed by atoms with E-state index in [2.05, 4.69) is 34.7 Å². The van der Waals surface area contributed by atoms with Gasteiger partial charge in [0.15, 0.2) is 6.61 Å². The van der Waals surface area contributed by atoms with Crippen LogP contribution in [-0.4, -0.2) is 67.2 Å². The van der Waals surface area contributed by atoms with Crippen molar-refractivity contribution < 1.29 is 14.3 Å². The average Bonchev–Trinajstić information content (AvgIpc) is 2.61. The van der Waals surface area contributed by atoms with Crippen molar-refractivity contribution >= 4 is 21.8 Å². The number of rotatable bonds is 5. The van der Waals surface area contributed by atoms with Gasteiger partial charge in [0.1, 0.15) is 5.75 Å². The van der Waals surface area contributed by atoms with Gasteiger partial charge in [-0.1, -0.05) is 15.9 Å². The third-order valence-corrected chi connectivity index (χ3v) is 5.68. The highest BCUT2D eigenvalue weighted by atomic mass is 79.9. The predicted molar refractivity (Wildman–Crippen MR) is 105 cm³/mol. The summed E-state index contributed by atoms with van der Waals surface area (Å²) in [5.41, 5.74) is 0. The zero-order valence-corrected chi connectivity index (χ0v) is 17.3. The number of carbonyl (C=O) groups is 1. The van der Waals surface area contributed by atoms with Crippen molar-refractivity contribution in [1.82, 2.24) is 9.80 Å². The molecule has 1 aromatic rings. The molecule has 6 heteroatoms. The molecular weight excluding hydrogens is 396 g/mol. The summed E-state index contributed by atoms with van der Waals surface area (Å²) in [5, 5.41) is 0. The molecule has 0 radical (unpaired) electrons. The molecule has 0 saturated carbocycles. The number of hydrogen-bond donors (Lipinski definition) is 0. The largest absolute Gasteiger partial charge is 0.484 e. The van der Waals surface area contributed by atoms with E-state index in [1.807, 2.05) is 29.2 Å². The Morgan fingerprint density at radius 3 is 2.38 bits per heavy atom. The Balaban J connectivity index is 1.38. The average molecular weight is 425 g/mol. The second-order valence-corrected chi connectivity index (χ2v) is 8.46. The van der Waals surface area contributed by atoms with Crippen molar-refractivity contribution in [1.29, 1.82) is 0 Å². The first-order chi connectivity index (χ1) is 12.5. The van der Waals surface area contributed by atoms with Crippen LogP contribution in [0.5, 0.6) is 5.75 Å². The van der Waals surface area contributed by atoms with Crippen molar-refractivity contribution in [3.05, 3.63) is 28.7 Å². The minimum Gasteiger partial charge on any atom is -0.484 e. The monoisotopic (exact) mass is 424 g/mol. The van der Waals surface area contributed by atoms with Crippen molar-refractivity contribution in [3.63, 3.8) is 0 Å². The van der Waals surface area contributed by atoms with E-state index >= 15 is 0 Å². The Morgan fingerprint density at radius 1 is 1.15 bits per heavy atom. The number of halogens is 1. The van der Waals surface area contributed by atoms with Gasteiger partial charge in [-0.05, 0) is 56.9 Å². The molecule has 2 saturated heterocycles. The van der Waals surface area contributed by atoms with Gasteiger partial charge in [0.2, 0.25) is 0 Å². The van der Waals surface area contributed by atoms with E-state index in [4.69, 9.17) is 9.47 Å². The zero-order chi connectivity index (χ0) is 18.5. The van der Waals surface area contributed by atoms with Crippen LogP contribution in [0.25, 0.3) is 0 Å². The number of hydrogen-bond acceptors (Lipinski definition) is 4. The number of piperidine rings is 1. The second kappa shape index (κ2) is 9.20. The Kier molecular flexibility index (Phi) is 6.95. The molecule has 1 amide bonds. The van der Waals surface area contributed by atoms with Gasteiger partial charge in [0, 0.05) is 37.2 Å². The molecule has 1 aromatic carbocycles. The highest BCUT2D eigenvalue weighted by molar-refractivity contribution is 9.10. The maximum absolute atomic E-state index is 12.4. The molecule has 5 nitrogen and oxygen atoms in total. The Hall–Kier alpha value is -1.11. The predicted octanol–water partition coefficient (Wildman–Crippen LogP) is 3.18. The molecule has 0 aromatic heterocycles. The van der Waals surface area contributed by atoms with Crippen molar-refractivity contribution in [2.75, 3.05) is 39.3 Å². The van der Waals surface area contributed by atoms with Crippen LogP contribution < -0.4 is 4.74 Å². The summed E-state index contributed by atoms with van der Waals surface area (Å²) in [5.74, 6) is 1.48. The summed E-state index contributed by atoms with van der Waals surface area (Å²) < 4.78 is 12.4. The summed E-state index contributed by atoms with van der Waals surface area (Å²) in [6, 6.07) is 7.57. The molecule has 144 valence electrons. The van der Waals surface area contributed by atoms with E-state index in [9.17, 15) is 4.79 Å². The Labute approximate surface area is 164 Å². The number of nitrogens with zero attached hydrogens (tertiary/aromatic N) is 2. The van der Waals surface area contributed by atoms with E-state index in [0.29, 0.717) is 18.1 Å². The van der Waals surface area contributed by atoms with Crippen molar-refractivity contribution in [2.24, 2.45) is 5.92 Å². The zero-order valence-electron chi connectivity index (χ0n) is 15.7. The van der Waals surface area contributed by atoms with Crippen LogP contribution in [0.4, 0.5) is 0 Å². The van der Waals surface area contributed by atoms with E-state index in [1.165, 1.54) is 0 Å². The van der Waals surface area contributed by atoms with Gasteiger partial charge in [-0.15, -0.1) is 0 Å². The van der Waals surface area contributed by atoms with Gasteiger partial charge >= 0.3 is 0 Å². The number of ether oxygens (including phenoxy) is 2. The molecule has 2 atom stereocenters. The summed E-state index contributed by atoms with van der Waals surface area (Å²) in [6.07, 6.45) is 2.78. The van der Waals surface area contributed by atoms with Crippen LogP contribution in [-0.2, 0) is 9.53 Å². The Bertz CT molecular complexity index is 577. The summed E-state index contributed by atoms with van der Waals surface area (Å²) >= 11 is 3.39. The SMILES string of the molecule is CC1CN(CC2CCN(C(=O)COc3ccc(Br)cc3)CC2)CC(C)O1. The van der Waals surface area contributed by atoms with E-state index < -0.39 is 0 Å². The third kappa shape index (κ3) is 5.69. The van der Waals surface area contributed by atoms with Crippen LogP contribution in [0, 0.1) is 5.92 Å². The molecule has 26 heavy (non-hydrogen) atoms. The lowest BCUT2D eigenvalue weighted by atomic mass is 9.95. The molecule has 2 unspecified atom stereocenters.